The molecule has 0 amide bonds. The van der Waals surface area contributed by atoms with Crippen LogP contribution in [0.25, 0.3) is 0 Å². The van der Waals surface area contributed by atoms with Crippen LogP contribution in [-0.2, 0) is 4.79 Å². The third-order valence-electron chi connectivity index (χ3n) is 7.10. The van der Waals surface area contributed by atoms with Gasteiger partial charge in [0.1, 0.15) is 5.75 Å². The molecule has 2 atom stereocenters. The molecule has 0 saturated heterocycles. The summed E-state index contributed by atoms with van der Waals surface area (Å²) < 4.78 is 17.7. The number of carbonyl (C=O) groups is 1. The molecule has 3 aromatic carbocycles. The SMILES string of the molecule is CCCOc1ccc(C2CC(=O)C3=C(C2)Nc2ccccc2NC3c2ccc(OC(C)C)c(OCC)c2)cc1. The molecule has 0 fully saturated rings. The third kappa shape index (κ3) is 5.90. The number of anilines is 2. The lowest BCUT2D eigenvalue weighted by atomic mass is 9.78. The number of carbonyl (C=O) groups excluding carboxylic acids is 1. The van der Waals surface area contributed by atoms with Crippen LogP contribution in [0.3, 0.4) is 0 Å². The number of hydrogen-bond donors (Lipinski definition) is 2. The summed E-state index contributed by atoms with van der Waals surface area (Å²) >= 11 is 0. The lowest BCUT2D eigenvalue weighted by Crippen LogP contribution is -2.27. The van der Waals surface area contributed by atoms with Crippen molar-refractivity contribution in [2.24, 2.45) is 0 Å². The summed E-state index contributed by atoms with van der Waals surface area (Å²) in [6.07, 6.45) is 2.20. The van der Waals surface area contributed by atoms with E-state index in [9.17, 15) is 4.79 Å². The molecule has 0 spiro atoms. The zero-order valence-corrected chi connectivity index (χ0v) is 23.3. The molecule has 5 rings (SSSR count). The van der Waals surface area contributed by atoms with E-state index < -0.39 is 0 Å². The molecule has 2 N–H and O–H groups in total. The quantitative estimate of drug-likeness (QED) is 0.299. The summed E-state index contributed by atoms with van der Waals surface area (Å²) in [5, 5.41) is 7.29. The minimum absolute atomic E-state index is 0.0283. The lowest BCUT2D eigenvalue weighted by Gasteiger charge is -2.30. The Labute approximate surface area is 231 Å². The van der Waals surface area contributed by atoms with Gasteiger partial charge in [0.25, 0.3) is 0 Å². The Morgan fingerprint density at radius 2 is 1.62 bits per heavy atom. The Morgan fingerprint density at radius 3 is 2.33 bits per heavy atom. The van der Waals surface area contributed by atoms with Crippen LogP contribution in [0.2, 0.25) is 0 Å². The molecule has 6 heteroatoms. The van der Waals surface area contributed by atoms with Gasteiger partial charge in [-0.05, 0) is 87.1 Å². The highest BCUT2D eigenvalue weighted by Crippen LogP contribution is 2.45. The first kappa shape index (κ1) is 26.7. The van der Waals surface area contributed by atoms with Crippen molar-refractivity contribution in [1.29, 1.82) is 0 Å². The van der Waals surface area contributed by atoms with Crippen LogP contribution in [-0.4, -0.2) is 25.1 Å². The first-order valence-electron chi connectivity index (χ1n) is 14.0. The van der Waals surface area contributed by atoms with E-state index >= 15 is 0 Å². The number of Topliss-reactive ketones (excluding diaryl/α,β-unsaturated/α-hetero) is 1. The van der Waals surface area contributed by atoms with Gasteiger partial charge in [0, 0.05) is 17.7 Å². The van der Waals surface area contributed by atoms with Crippen molar-refractivity contribution in [3.05, 3.63) is 89.1 Å². The van der Waals surface area contributed by atoms with E-state index in [-0.39, 0.29) is 23.8 Å². The number of hydrogen-bond acceptors (Lipinski definition) is 6. The van der Waals surface area contributed by atoms with Gasteiger partial charge in [0.15, 0.2) is 17.3 Å². The standard InChI is InChI=1S/C33H38N2O4/c1-5-17-38-25-14-11-22(12-15-25)24-18-28-32(29(36)19-24)33(35-27-10-8-7-9-26(27)34-28)23-13-16-30(39-21(3)4)31(20-23)37-6-2/h7-16,20-21,24,33-35H,5-6,17-19H2,1-4H3. The van der Waals surface area contributed by atoms with E-state index in [2.05, 4.69) is 35.8 Å². The fourth-order valence-corrected chi connectivity index (χ4v) is 5.36. The smallest absolute Gasteiger partial charge is 0.163 e. The fraction of sp³-hybridized carbons (Fsp3) is 0.364. The van der Waals surface area contributed by atoms with Crippen molar-refractivity contribution < 1.29 is 19.0 Å². The van der Waals surface area contributed by atoms with Crippen LogP contribution < -0.4 is 24.8 Å². The summed E-state index contributed by atoms with van der Waals surface area (Å²) in [5.74, 6) is 2.49. The molecule has 1 aliphatic carbocycles. The van der Waals surface area contributed by atoms with Crippen molar-refractivity contribution in [1.82, 2.24) is 0 Å². The van der Waals surface area contributed by atoms with E-state index in [0.717, 1.165) is 52.4 Å². The highest BCUT2D eigenvalue weighted by Gasteiger charge is 2.36. The average molecular weight is 527 g/mol. The Bertz CT molecular complexity index is 1350. The van der Waals surface area contributed by atoms with E-state index in [1.54, 1.807) is 0 Å². The fourth-order valence-electron chi connectivity index (χ4n) is 5.36. The highest BCUT2D eigenvalue weighted by molar-refractivity contribution is 6.01. The zero-order valence-electron chi connectivity index (χ0n) is 23.3. The maximum absolute atomic E-state index is 13.9. The van der Waals surface area contributed by atoms with Gasteiger partial charge in [0.2, 0.25) is 0 Å². The predicted molar refractivity (Wildman–Crippen MR) is 156 cm³/mol. The maximum Gasteiger partial charge on any atom is 0.163 e. The Morgan fingerprint density at radius 1 is 0.872 bits per heavy atom. The van der Waals surface area contributed by atoms with Crippen LogP contribution in [0, 0.1) is 0 Å². The van der Waals surface area contributed by atoms with Gasteiger partial charge in [-0.15, -0.1) is 0 Å². The third-order valence-corrected chi connectivity index (χ3v) is 7.10. The topological polar surface area (TPSA) is 68.8 Å². The zero-order chi connectivity index (χ0) is 27.4. The first-order valence-corrected chi connectivity index (χ1v) is 14.0. The summed E-state index contributed by atoms with van der Waals surface area (Å²) in [4.78, 5) is 13.9. The number of nitrogens with one attached hydrogen (secondary N) is 2. The van der Waals surface area contributed by atoms with E-state index in [4.69, 9.17) is 14.2 Å². The predicted octanol–water partition coefficient (Wildman–Crippen LogP) is 7.64. The Balaban J connectivity index is 1.52. The molecule has 2 unspecified atom stereocenters. The summed E-state index contributed by atoms with van der Waals surface area (Å²) in [5.41, 5.74) is 5.78. The first-order chi connectivity index (χ1) is 19.0. The molecule has 0 radical (unpaired) electrons. The number of ketones is 1. The molecule has 39 heavy (non-hydrogen) atoms. The van der Waals surface area contributed by atoms with Gasteiger partial charge in [-0.1, -0.05) is 37.3 Å². The van der Waals surface area contributed by atoms with Gasteiger partial charge >= 0.3 is 0 Å². The summed E-state index contributed by atoms with van der Waals surface area (Å²) in [6, 6.07) is 22.0. The normalized spacial score (nSPS) is 18.4. The van der Waals surface area contributed by atoms with Crippen molar-refractivity contribution in [3.8, 4) is 17.2 Å². The lowest BCUT2D eigenvalue weighted by molar-refractivity contribution is -0.116. The number of ether oxygens (including phenoxy) is 3. The molecule has 0 aromatic heterocycles. The van der Waals surface area contributed by atoms with Crippen LogP contribution in [0.4, 0.5) is 11.4 Å². The van der Waals surface area contributed by atoms with Crippen molar-refractivity contribution in [2.45, 2.75) is 65.0 Å². The minimum atomic E-state index is -0.318. The van der Waals surface area contributed by atoms with Crippen LogP contribution >= 0.6 is 0 Å². The molecule has 1 aliphatic heterocycles. The Hall–Kier alpha value is -3.93. The molecule has 204 valence electrons. The van der Waals surface area contributed by atoms with Gasteiger partial charge in [-0.25, -0.2) is 0 Å². The molecule has 1 heterocycles. The molecule has 0 saturated carbocycles. The average Bonchev–Trinajstić information content (AvgIpc) is 3.10. The largest absolute Gasteiger partial charge is 0.494 e. The van der Waals surface area contributed by atoms with Crippen molar-refractivity contribution >= 4 is 17.2 Å². The molecule has 6 nitrogen and oxygen atoms in total. The van der Waals surface area contributed by atoms with Gasteiger partial charge in [0.05, 0.1) is 36.7 Å². The summed E-state index contributed by atoms with van der Waals surface area (Å²) in [7, 11) is 0. The van der Waals surface area contributed by atoms with Crippen molar-refractivity contribution in [3.63, 3.8) is 0 Å². The van der Waals surface area contributed by atoms with Gasteiger partial charge in [-0.3, -0.25) is 4.79 Å². The highest BCUT2D eigenvalue weighted by atomic mass is 16.5. The molecule has 0 bridgehead atoms. The van der Waals surface area contributed by atoms with Crippen LogP contribution in [0.1, 0.15) is 70.0 Å². The van der Waals surface area contributed by atoms with Gasteiger partial charge in [-0.2, -0.15) is 0 Å². The second-order valence-electron chi connectivity index (χ2n) is 10.4. The van der Waals surface area contributed by atoms with Crippen molar-refractivity contribution in [2.75, 3.05) is 23.8 Å². The number of para-hydroxylation sites is 2. The number of benzene rings is 3. The molecule has 2 aliphatic rings. The van der Waals surface area contributed by atoms with Crippen LogP contribution in [0.5, 0.6) is 17.2 Å². The number of allylic oxidation sites excluding steroid dienone is 1. The number of rotatable bonds is 9. The van der Waals surface area contributed by atoms with E-state index in [1.807, 2.05) is 69.3 Å². The number of fused-ring (bicyclic) bond motifs is 1. The van der Waals surface area contributed by atoms with Gasteiger partial charge < -0.3 is 24.8 Å². The summed E-state index contributed by atoms with van der Waals surface area (Å²) in [6.45, 7) is 9.28. The molecular formula is C33H38N2O4. The minimum Gasteiger partial charge on any atom is -0.494 e. The molecular weight excluding hydrogens is 488 g/mol. The second-order valence-corrected chi connectivity index (χ2v) is 10.4. The Kier molecular flexibility index (Phi) is 8.10. The molecule has 3 aromatic rings. The monoisotopic (exact) mass is 526 g/mol. The van der Waals surface area contributed by atoms with E-state index in [1.165, 1.54) is 0 Å². The van der Waals surface area contributed by atoms with E-state index in [0.29, 0.717) is 31.1 Å². The second kappa shape index (κ2) is 11.9. The maximum atomic E-state index is 13.9. The van der Waals surface area contributed by atoms with Crippen LogP contribution in [0.15, 0.2) is 78.0 Å².